The second-order valence-corrected chi connectivity index (χ2v) is 6.00. The maximum absolute atomic E-state index is 3.79. The Morgan fingerprint density at radius 1 is 1.27 bits per heavy atom. The van der Waals surface area contributed by atoms with Crippen molar-refractivity contribution in [2.24, 2.45) is 5.41 Å². The van der Waals surface area contributed by atoms with Gasteiger partial charge in [-0.05, 0) is 44.7 Å². The standard InChI is InChI=1S/C13H26N2/c1-13(7-3-4-8-13)11-14-12-6-5-9-15(2)10-12/h12,14H,3-11H2,1-2H3. The van der Waals surface area contributed by atoms with Crippen LogP contribution in [0.4, 0.5) is 0 Å². The Balaban J connectivity index is 1.72. The summed E-state index contributed by atoms with van der Waals surface area (Å²) >= 11 is 0. The van der Waals surface area contributed by atoms with Crippen molar-refractivity contribution in [1.82, 2.24) is 10.2 Å². The molecule has 1 saturated carbocycles. The van der Waals surface area contributed by atoms with Crippen LogP contribution in [-0.4, -0.2) is 37.6 Å². The second kappa shape index (κ2) is 4.84. The first-order valence-electron chi connectivity index (χ1n) is 6.60. The maximum atomic E-state index is 3.79. The fourth-order valence-corrected chi connectivity index (χ4v) is 3.13. The zero-order chi connectivity index (χ0) is 10.7. The molecule has 1 N–H and O–H groups in total. The van der Waals surface area contributed by atoms with Gasteiger partial charge in [0.05, 0.1) is 0 Å². The smallest absolute Gasteiger partial charge is 0.0195 e. The number of hydrogen-bond donors (Lipinski definition) is 1. The predicted molar refractivity (Wildman–Crippen MR) is 65.1 cm³/mol. The van der Waals surface area contributed by atoms with E-state index in [1.165, 1.54) is 58.2 Å². The van der Waals surface area contributed by atoms with Gasteiger partial charge in [-0.2, -0.15) is 0 Å². The van der Waals surface area contributed by atoms with Crippen molar-refractivity contribution in [1.29, 1.82) is 0 Å². The van der Waals surface area contributed by atoms with Crippen molar-refractivity contribution in [2.75, 3.05) is 26.7 Å². The zero-order valence-corrected chi connectivity index (χ0v) is 10.4. The SMILES string of the molecule is CN1CCCC(NCC2(C)CCCC2)C1. The Morgan fingerprint density at radius 2 is 2.00 bits per heavy atom. The molecule has 1 aliphatic carbocycles. The molecule has 2 rings (SSSR count). The normalized spacial score (nSPS) is 32.0. The van der Waals surface area contributed by atoms with E-state index in [0.717, 1.165) is 6.04 Å². The van der Waals surface area contributed by atoms with E-state index in [-0.39, 0.29) is 0 Å². The first-order chi connectivity index (χ1) is 7.18. The van der Waals surface area contributed by atoms with Crippen molar-refractivity contribution in [3.8, 4) is 0 Å². The molecule has 2 aliphatic rings. The molecule has 15 heavy (non-hydrogen) atoms. The molecule has 1 unspecified atom stereocenters. The van der Waals surface area contributed by atoms with Crippen molar-refractivity contribution >= 4 is 0 Å². The van der Waals surface area contributed by atoms with Crippen molar-refractivity contribution in [3.63, 3.8) is 0 Å². The summed E-state index contributed by atoms with van der Waals surface area (Å²) in [6.45, 7) is 6.23. The topological polar surface area (TPSA) is 15.3 Å². The summed E-state index contributed by atoms with van der Waals surface area (Å²) < 4.78 is 0. The molecular weight excluding hydrogens is 184 g/mol. The minimum Gasteiger partial charge on any atom is -0.312 e. The highest BCUT2D eigenvalue weighted by molar-refractivity contribution is 4.85. The number of hydrogen-bond acceptors (Lipinski definition) is 2. The number of likely N-dealkylation sites (N-methyl/N-ethyl adjacent to an activating group) is 1. The molecule has 88 valence electrons. The van der Waals surface area contributed by atoms with Crippen LogP contribution in [0.1, 0.15) is 45.4 Å². The lowest BCUT2D eigenvalue weighted by molar-refractivity contribution is 0.205. The van der Waals surface area contributed by atoms with Gasteiger partial charge in [0.1, 0.15) is 0 Å². The quantitative estimate of drug-likeness (QED) is 0.768. The van der Waals surface area contributed by atoms with Gasteiger partial charge < -0.3 is 10.2 Å². The third kappa shape index (κ3) is 3.18. The molecule has 0 aromatic heterocycles. The van der Waals surface area contributed by atoms with Gasteiger partial charge in [0.2, 0.25) is 0 Å². The molecule has 0 bridgehead atoms. The van der Waals surface area contributed by atoms with Gasteiger partial charge in [-0.15, -0.1) is 0 Å². The molecule has 1 saturated heterocycles. The van der Waals surface area contributed by atoms with Gasteiger partial charge in [0, 0.05) is 19.1 Å². The number of likely N-dealkylation sites (tertiary alicyclic amines) is 1. The van der Waals surface area contributed by atoms with E-state index in [1.807, 2.05) is 0 Å². The number of rotatable bonds is 3. The molecular formula is C13H26N2. The van der Waals surface area contributed by atoms with E-state index in [1.54, 1.807) is 0 Å². The third-order valence-corrected chi connectivity index (χ3v) is 4.25. The Labute approximate surface area is 94.4 Å². The minimum atomic E-state index is 0.607. The summed E-state index contributed by atoms with van der Waals surface area (Å²) in [5, 5.41) is 3.79. The molecule has 1 atom stereocenters. The van der Waals surface area contributed by atoms with Gasteiger partial charge in [-0.25, -0.2) is 0 Å². The number of nitrogens with zero attached hydrogens (tertiary/aromatic N) is 1. The molecule has 0 spiro atoms. The van der Waals surface area contributed by atoms with Gasteiger partial charge in [0.25, 0.3) is 0 Å². The molecule has 1 heterocycles. The number of piperidine rings is 1. The summed E-state index contributed by atoms with van der Waals surface area (Å²) in [5.74, 6) is 0. The molecule has 0 aromatic rings. The third-order valence-electron chi connectivity index (χ3n) is 4.25. The van der Waals surface area contributed by atoms with Crippen LogP contribution in [0.5, 0.6) is 0 Å². The summed E-state index contributed by atoms with van der Waals surface area (Å²) in [7, 11) is 2.24. The Morgan fingerprint density at radius 3 is 2.67 bits per heavy atom. The van der Waals surface area contributed by atoms with Crippen LogP contribution in [0, 0.1) is 5.41 Å². The fourth-order valence-electron chi connectivity index (χ4n) is 3.13. The lowest BCUT2D eigenvalue weighted by Gasteiger charge is -2.33. The van der Waals surface area contributed by atoms with E-state index >= 15 is 0 Å². The average Bonchev–Trinajstić information content (AvgIpc) is 2.63. The molecule has 0 radical (unpaired) electrons. The van der Waals surface area contributed by atoms with Crippen molar-refractivity contribution in [3.05, 3.63) is 0 Å². The maximum Gasteiger partial charge on any atom is 0.0195 e. The van der Waals surface area contributed by atoms with Crippen LogP contribution in [0.3, 0.4) is 0 Å². The molecule has 2 heteroatoms. The second-order valence-electron chi connectivity index (χ2n) is 6.00. The van der Waals surface area contributed by atoms with E-state index in [2.05, 4.69) is 24.2 Å². The van der Waals surface area contributed by atoms with E-state index < -0.39 is 0 Å². The highest BCUT2D eigenvalue weighted by atomic mass is 15.1. The minimum absolute atomic E-state index is 0.607. The summed E-state index contributed by atoms with van der Waals surface area (Å²) in [6, 6.07) is 0.751. The molecule has 0 aromatic carbocycles. The van der Waals surface area contributed by atoms with Crippen molar-refractivity contribution < 1.29 is 0 Å². The Hall–Kier alpha value is -0.0800. The summed E-state index contributed by atoms with van der Waals surface area (Å²) in [5.41, 5.74) is 0.607. The highest BCUT2D eigenvalue weighted by Gasteiger charge is 2.29. The van der Waals surface area contributed by atoms with Crippen LogP contribution >= 0.6 is 0 Å². The van der Waals surface area contributed by atoms with Gasteiger partial charge in [-0.1, -0.05) is 19.8 Å². The monoisotopic (exact) mass is 210 g/mol. The lowest BCUT2D eigenvalue weighted by Crippen LogP contribution is -2.46. The number of nitrogens with one attached hydrogen (secondary N) is 1. The predicted octanol–water partition coefficient (Wildman–Crippen LogP) is 2.25. The van der Waals surface area contributed by atoms with E-state index in [9.17, 15) is 0 Å². The van der Waals surface area contributed by atoms with E-state index in [0.29, 0.717) is 5.41 Å². The van der Waals surface area contributed by atoms with Crippen LogP contribution in [-0.2, 0) is 0 Å². The molecule has 1 aliphatic heterocycles. The van der Waals surface area contributed by atoms with Crippen LogP contribution in [0.2, 0.25) is 0 Å². The van der Waals surface area contributed by atoms with Gasteiger partial charge in [0.15, 0.2) is 0 Å². The Kier molecular flexibility index (Phi) is 3.68. The van der Waals surface area contributed by atoms with Crippen LogP contribution in [0.25, 0.3) is 0 Å². The summed E-state index contributed by atoms with van der Waals surface area (Å²) in [4.78, 5) is 2.46. The largest absolute Gasteiger partial charge is 0.312 e. The van der Waals surface area contributed by atoms with Gasteiger partial charge >= 0.3 is 0 Å². The van der Waals surface area contributed by atoms with E-state index in [4.69, 9.17) is 0 Å². The molecule has 0 amide bonds. The Bertz CT molecular complexity index is 197. The fraction of sp³-hybridized carbons (Fsp3) is 1.00. The summed E-state index contributed by atoms with van der Waals surface area (Å²) in [6.07, 6.45) is 8.50. The lowest BCUT2D eigenvalue weighted by atomic mass is 9.88. The molecule has 2 nitrogen and oxygen atoms in total. The first-order valence-corrected chi connectivity index (χ1v) is 6.60. The van der Waals surface area contributed by atoms with Crippen molar-refractivity contribution in [2.45, 2.75) is 51.5 Å². The zero-order valence-electron chi connectivity index (χ0n) is 10.4. The van der Waals surface area contributed by atoms with Gasteiger partial charge in [-0.3, -0.25) is 0 Å². The van der Waals surface area contributed by atoms with Crippen LogP contribution in [0.15, 0.2) is 0 Å². The van der Waals surface area contributed by atoms with Crippen LogP contribution < -0.4 is 5.32 Å². The highest BCUT2D eigenvalue weighted by Crippen LogP contribution is 2.36. The molecule has 2 fully saturated rings. The first kappa shape index (κ1) is 11.4. The average molecular weight is 210 g/mol.